The number of benzene rings is 1. The molecule has 8 nitrogen and oxygen atoms in total. The number of hydrogen-bond donors (Lipinski definition) is 1. The molecule has 0 atom stereocenters. The average molecular weight is 359 g/mol. The van der Waals surface area contributed by atoms with Crippen LogP contribution in [0, 0.1) is 0 Å². The van der Waals surface area contributed by atoms with Crippen LogP contribution in [-0.4, -0.2) is 35.5 Å². The highest BCUT2D eigenvalue weighted by Crippen LogP contribution is 2.23. The minimum atomic E-state index is -0.880. The summed E-state index contributed by atoms with van der Waals surface area (Å²) in [4.78, 5) is 40.8. The van der Waals surface area contributed by atoms with Gasteiger partial charge in [0.05, 0.1) is 30.6 Å². The number of carbonyl (C=O) groups excluding carboxylic acids is 2. The third-order valence-electron chi connectivity index (χ3n) is 3.42. The molecule has 3 rings (SSSR count). The number of aromatic nitrogens is 2. The largest absolute Gasteiger partial charge is 0.465 e. The smallest absolute Gasteiger partial charge is 0.346 e. The third-order valence-corrected chi connectivity index (χ3v) is 4.45. The van der Waals surface area contributed by atoms with Crippen LogP contribution in [0.1, 0.15) is 0 Å². The van der Waals surface area contributed by atoms with Gasteiger partial charge in [0.15, 0.2) is 10.5 Å². The summed E-state index contributed by atoms with van der Waals surface area (Å²) in [6.45, 7) is 0. The van der Waals surface area contributed by atoms with E-state index in [0.717, 1.165) is 30.6 Å². The van der Waals surface area contributed by atoms with Crippen LogP contribution in [0.3, 0.4) is 0 Å². The molecule has 0 fully saturated rings. The Kier molecular flexibility index (Phi) is 4.48. The molecule has 0 aliphatic carbocycles. The number of anilines is 1. The molecule has 2 heterocycles. The van der Waals surface area contributed by atoms with Crippen molar-refractivity contribution in [2.45, 2.75) is 0 Å². The summed E-state index contributed by atoms with van der Waals surface area (Å²) in [6, 6.07) is 7.42. The minimum absolute atomic E-state index is 0.103. The van der Waals surface area contributed by atoms with Crippen LogP contribution in [0.25, 0.3) is 15.2 Å². The number of nitrogens with one attached hydrogen (secondary N) is 1. The maximum Gasteiger partial charge on any atom is 0.346 e. The molecule has 0 spiro atoms. The molecule has 25 heavy (non-hydrogen) atoms. The summed E-state index contributed by atoms with van der Waals surface area (Å²) in [7, 11) is 2.28. The van der Waals surface area contributed by atoms with Gasteiger partial charge in [-0.15, -0.1) is 0 Å². The number of methoxy groups -OCH3 is 2. The number of rotatable bonds is 4. The molecule has 3 aromatic rings. The van der Waals surface area contributed by atoms with Crippen LogP contribution >= 0.6 is 11.3 Å². The third kappa shape index (κ3) is 2.96. The quantitative estimate of drug-likeness (QED) is 0.326. The van der Waals surface area contributed by atoms with Crippen LogP contribution in [0.5, 0.6) is 0 Å². The van der Waals surface area contributed by atoms with E-state index in [4.69, 9.17) is 0 Å². The van der Waals surface area contributed by atoms with Crippen molar-refractivity contribution in [3.8, 4) is 0 Å². The van der Waals surface area contributed by atoms with Gasteiger partial charge in [0, 0.05) is 6.20 Å². The van der Waals surface area contributed by atoms with E-state index in [1.165, 1.54) is 21.9 Å². The second kappa shape index (κ2) is 6.73. The lowest BCUT2D eigenvalue weighted by molar-refractivity contribution is -0.144. The van der Waals surface area contributed by atoms with Gasteiger partial charge in [0.2, 0.25) is 0 Å². The van der Waals surface area contributed by atoms with Crippen molar-refractivity contribution < 1.29 is 19.1 Å². The zero-order valence-corrected chi connectivity index (χ0v) is 14.1. The molecule has 1 N–H and O–H groups in total. The molecule has 0 amide bonds. The molecule has 0 unspecified atom stereocenters. The predicted octanol–water partition coefficient (Wildman–Crippen LogP) is 1.55. The van der Waals surface area contributed by atoms with Crippen LogP contribution in [0.2, 0.25) is 0 Å². The summed E-state index contributed by atoms with van der Waals surface area (Å²) in [5, 5.41) is 2.64. The maximum absolute atomic E-state index is 12.7. The van der Waals surface area contributed by atoms with Gasteiger partial charge in [-0.3, -0.25) is 4.79 Å². The number of hydrogen-bond acceptors (Lipinski definition) is 8. The lowest BCUT2D eigenvalue weighted by Crippen LogP contribution is -2.20. The SMILES string of the molecule is COC(=O)C(=CNc1cnc2sc3ccccc3n2c1=O)C(=O)OC. The molecule has 0 bridgehead atoms. The number of esters is 2. The first-order valence-electron chi connectivity index (χ1n) is 7.09. The second-order valence-corrected chi connectivity index (χ2v) is 5.86. The first-order chi connectivity index (χ1) is 12.1. The molecule has 0 aliphatic heterocycles. The fraction of sp³-hybridized carbons (Fsp3) is 0.125. The van der Waals surface area contributed by atoms with E-state index in [9.17, 15) is 14.4 Å². The van der Waals surface area contributed by atoms with Crippen molar-refractivity contribution in [3.63, 3.8) is 0 Å². The number of nitrogens with zero attached hydrogens (tertiary/aromatic N) is 2. The number of fused-ring (bicyclic) bond motifs is 3. The van der Waals surface area contributed by atoms with Crippen molar-refractivity contribution in [3.05, 3.63) is 52.6 Å². The van der Waals surface area contributed by atoms with Crippen molar-refractivity contribution >= 4 is 44.1 Å². The van der Waals surface area contributed by atoms with Crippen molar-refractivity contribution in [1.82, 2.24) is 9.38 Å². The van der Waals surface area contributed by atoms with E-state index in [-0.39, 0.29) is 16.8 Å². The Morgan fingerprint density at radius 1 is 1.20 bits per heavy atom. The predicted molar refractivity (Wildman–Crippen MR) is 92.6 cm³/mol. The molecular weight excluding hydrogens is 346 g/mol. The molecule has 9 heteroatoms. The van der Waals surface area contributed by atoms with Crippen LogP contribution in [-0.2, 0) is 19.1 Å². The fourth-order valence-corrected chi connectivity index (χ4v) is 3.21. The highest BCUT2D eigenvalue weighted by atomic mass is 32.1. The summed E-state index contributed by atoms with van der Waals surface area (Å²) < 4.78 is 11.4. The zero-order valence-electron chi connectivity index (χ0n) is 13.3. The summed E-state index contributed by atoms with van der Waals surface area (Å²) in [5.41, 5.74) is 0.109. The van der Waals surface area contributed by atoms with Gasteiger partial charge in [-0.05, 0) is 12.1 Å². The Labute approximate surface area is 145 Å². The number of carbonyl (C=O) groups is 2. The number of ether oxygens (including phenoxy) is 2. The number of para-hydroxylation sites is 1. The maximum atomic E-state index is 12.7. The van der Waals surface area contributed by atoms with Crippen molar-refractivity contribution in [1.29, 1.82) is 0 Å². The number of thiazole rings is 1. The van der Waals surface area contributed by atoms with Crippen LogP contribution < -0.4 is 10.9 Å². The normalized spacial score (nSPS) is 10.5. The Hall–Kier alpha value is -3.20. The summed E-state index contributed by atoms with van der Waals surface area (Å²) >= 11 is 1.39. The lowest BCUT2D eigenvalue weighted by Gasteiger charge is -2.05. The van der Waals surface area contributed by atoms with Crippen molar-refractivity contribution in [2.24, 2.45) is 0 Å². The van der Waals surface area contributed by atoms with E-state index in [1.54, 1.807) is 0 Å². The second-order valence-electron chi connectivity index (χ2n) is 4.85. The molecule has 0 saturated heterocycles. The topological polar surface area (TPSA) is 99.0 Å². The highest BCUT2D eigenvalue weighted by molar-refractivity contribution is 7.23. The molecular formula is C16H13N3O5S. The van der Waals surface area contributed by atoms with Gasteiger partial charge in [0.1, 0.15) is 5.69 Å². The van der Waals surface area contributed by atoms with Crippen LogP contribution in [0.4, 0.5) is 5.69 Å². The van der Waals surface area contributed by atoms with Gasteiger partial charge in [0.25, 0.3) is 5.56 Å². The van der Waals surface area contributed by atoms with Crippen molar-refractivity contribution in [2.75, 3.05) is 19.5 Å². The van der Waals surface area contributed by atoms with Gasteiger partial charge >= 0.3 is 11.9 Å². The Morgan fingerprint density at radius 2 is 1.88 bits per heavy atom. The summed E-state index contributed by atoms with van der Waals surface area (Å²) in [6.07, 6.45) is 2.41. The minimum Gasteiger partial charge on any atom is -0.465 e. The van der Waals surface area contributed by atoms with E-state index in [0.29, 0.717) is 4.96 Å². The Morgan fingerprint density at radius 3 is 2.56 bits per heavy atom. The standard InChI is InChI=1S/C16H13N3O5S/c1-23-14(21)9(15(22)24-2)7-17-10-8-18-16-19(13(10)20)11-5-3-4-6-12(11)25-16/h3-8,17H,1-2H3. The summed E-state index contributed by atoms with van der Waals surface area (Å²) in [5.74, 6) is -1.76. The van der Waals surface area contributed by atoms with E-state index >= 15 is 0 Å². The van der Waals surface area contributed by atoms with Gasteiger partial charge in [-0.2, -0.15) is 0 Å². The van der Waals surface area contributed by atoms with Gasteiger partial charge in [-0.25, -0.2) is 19.0 Å². The molecule has 0 aliphatic rings. The molecule has 0 saturated carbocycles. The average Bonchev–Trinajstić information content (AvgIpc) is 3.02. The first kappa shape index (κ1) is 16.7. The van der Waals surface area contributed by atoms with E-state index in [1.807, 2.05) is 24.3 Å². The Bertz CT molecular complexity index is 1050. The monoisotopic (exact) mass is 359 g/mol. The van der Waals surface area contributed by atoms with E-state index in [2.05, 4.69) is 19.8 Å². The first-order valence-corrected chi connectivity index (χ1v) is 7.91. The zero-order chi connectivity index (χ0) is 18.0. The van der Waals surface area contributed by atoms with Gasteiger partial charge < -0.3 is 14.8 Å². The lowest BCUT2D eigenvalue weighted by atomic mass is 10.3. The molecule has 0 radical (unpaired) electrons. The highest BCUT2D eigenvalue weighted by Gasteiger charge is 2.20. The van der Waals surface area contributed by atoms with Crippen LogP contribution in [0.15, 0.2) is 47.0 Å². The fourth-order valence-electron chi connectivity index (χ4n) is 2.22. The molecule has 1 aromatic carbocycles. The Balaban J connectivity index is 2.07. The molecule has 2 aromatic heterocycles. The van der Waals surface area contributed by atoms with E-state index < -0.39 is 11.9 Å². The molecule has 128 valence electrons. The van der Waals surface area contributed by atoms with Gasteiger partial charge in [-0.1, -0.05) is 23.5 Å².